The van der Waals surface area contributed by atoms with Crippen LogP contribution >= 0.6 is 0 Å². The summed E-state index contributed by atoms with van der Waals surface area (Å²) < 4.78 is 12.0. The highest BCUT2D eigenvalue weighted by atomic mass is 16.7. The summed E-state index contributed by atoms with van der Waals surface area (Å²) in [6, 6.07) is 5.64. The third-order valence-electron chi connectivity index (χ3n) is 4.59. The van der Waals surface area contributed by atoms with Gasteiger partial charge in [0.25, 0.3) is 5.91 Å². The lowest BCUT2D eigenvalue weighted by Crippen LogP contribution is -2.41. The molecule has 1 fully saturated rings. The Bertz CT molecular complexity index is 660. The van der Waals surface area contributed by atoms with E-state index in [-0.39, 0.29) is 5.91 Å². The molecular formula is C15H17BN2O3. The van der Waals surface area contributed by atoms with Crippen molar-refractivity contribution in [2.45, 2.75) is 45.4 Å². The number of carbonyl (C=O) groups excluding carboxylic acids is 1. The van der Waals surface area contributed by atoms with Gasteiger partial charge in [-0.1, -0.05) is 0 Å². The molecule has 21 heavy (non-hydrogen) atoms. The van der Waals surface area contributed by atoms with Crippen molar-refractivity contribution in [2.75, 3.05) is 0 Å². The molecule has 0 saturated carbocycles. The van der Waals surface area contributed by atoms with Crippen molar-refractivity contribution in [1.29, 1.82) is 5.26 Å². The van der Waals surface area contributed by atoms with Crippen molar-refractivity contribution in [3.8, 4) is 6.07 Å². The Morgan fingerprint density at radius 2 is 1.86 bits per heavy atom. The first kappa shape index (κ1) is 14.1. The zero-order valence-corrected chi connectivity index (χ0v) is 12.6. The Morgan fingerprint density at radius 3 is 2.43 bits per heavy atom. The summed E-state index contributed by atoms with van der Waals surface area (Å²) in [5.74, 6) is -0.118. The van der Waals surface area contributed by atoms with Crippen LogP contribution in [0.25, 0.3) is 0 Å². The van der Waals surface area contributed by atoms with Crippen LogP contribution in [0.3, 0.4) is 0 Å². The van der Waals surface area contributed by atoms with E-state index in [2.05, 4.69) is 11.4 Å². The lowest BCUT2D eigenvalue weighted by atomic mass is 9.75. The van der Waals surface area contributed by atoms with Crippen molar-refractivity contribution in [3.05, 3.63) is 28.8 Å². The number of fused-ring (bicyclic) bond motifs is 1. The second kappa shape index (κ2) is 4.33. The van der Waals surface area contributed by atoms with Gasteiger partial charge in [0.15, 0.2) is 0 Å². The molecule has 1 aromatic carbocycles. The van der Waals surface area contributed by atoms with Crippen molar-refractivity contribution in [2.24, 2.45) is 0 Å². The van der Waals surface area contributed by atoms with Gasteiger partial charge in [-0.15, -0.1) is 0 Å². The predicted molar refractivity (Wildman–Crippen MR) is 78.0 cm³/mol. The monoisotopic (exact) mass is 284 g/mol. The molecule has 1 amide bonds. The maximum Gasteiger partial charge on any atom is 0.496 e. The lowest BCUT2D eigenvalue weighted by molar-refractivity contribution is 0.00578. The van der Waals surface area contributed by atoms with Crippen LogP contribution in [0.15, 0.2) is 12.1 Å². The van der Waals surface area contributed by atoms with E-state index in [1.807, 2.05) is 27.7 Å². The molecule has 3 rings (SSSR count). The highest BCUT2D eigenvalue weighted by Crippen LogP contribution is 2.37. The predicted octanol–water partition coefficient (Wildman–Crippen LogP) is 1.10. The average Bonchev–Trinajstić information content (AvgIpc) is 2.86. The average molecular weight is 284 g/mol. The summed E-state index contributed by atoms with van der Waals surface area (Å²) in [5.41, 5.74) is 1.59. The summed E-state index contributed by atoms with van der Waals surface area (Å²) >= 11 is 0. The number of amides is 1. The lowest BCUT2D eigenvalue weighted by Gasteiger charge is -2.32. The molecule has 0 unspecified atom stereocenters. The van der Waals surface area contributed by atoms with Gasteiger partial charge in [0, 0.05) is 17.6 Å². The first-order valence-corrected chi connectivity index (χ1v) is 6.96. The summed E-state index contributed by atoms with van der Waals surface area (Å²) in [4.78, 5) is 11.8. The van der Waals surface area contributed by atoms with E-state index >= 15 is 0 Å². The van der Waals surface area contributed by atoms with Gasteiger partial charge in [-0.05, 0) is 45.4 Å². The Balaban J connectivity index is 2.06. The zero-order valence-electron chi connectivity index (χ0n) is 12.6. The maximum atomic E-state index is 11.8. The molecule has 2 aliphatic rings. The molecule has 1 N–H and O–H groups in total. The molecule has 2 aliphatic heterocycles. The van der Waals surface area contributed by atoms with E-state index < -0.39 is 18.3 Å². The number of rotatable bonds is 1. The highest BCUT2D eigenvalue weighted by Gasteiger charge is 2.52. The molecule has 108 valence electrons. The molecule has 1 saturated heterocycles. The number of carbonyl (C=O) groups is 1. The minimum absolute atomic E-state index is 0.118. The zero-order chi connectivity index (χ0) is 15.4. The quantitative estimate of drug-likeness (QED) is 0.784. The summed E-state index contributed by atoms with van der Waals surface area (Å²) in [6.45, 7) is 8.29. The number of hydrogen-bond donors (Lipinski definition) is 1. The molecule has 0 bridgehead atoms. The molecule has 0 atom stereocenters. The number of nitrogens with one attached hydrogen (secondary N) is 1. The van der Waals surface area contributed by atoms with Crippen LogP contribution in [-0.4, -0.2) is 24.2 Å². The number of benzene rings is 1. The van der Waals surface area contributed by atoms with E-state index in [9.17, 15) is 10.1 Å². The van der Waals surface area contributed by atoms with E-state index in [0.717, 1.165) is 5.56 Å². The van der Waals surface area contributed by atoms with Crippen LogP contribution in [0.1, 0.15) is 49.2 Å². The van der Waals surface area contributed by atoms with Gasteiger partial charge in [-0.25, -0.2) is 0 Å². The van der Waals surface area contributed by atoms with Crippen LogP contribution in [0.4, 0.5) is 0 Å². The molecule has 0 spiro atoms. The Hall–Kier alpha value is -1.84. The van der Waals surface area contributed by atoms with E-state index in [4.69, 9.17) is 9.31 Å². The Morgan fingerprint density at radius 1 is 1.24 bits per heavy atom. The minimum atomic E-state index is -0.636. The largest absolute Gasteiger partial charge is 0.496 e. The van der Waals surface area contributed by atoms with Crippen LogP contribution < -0.4 is 10.8 Å². The van der Waals surface area contributed by atoms with E-state index in [0.29, 0.717) is 23.1 Å². The second-order valence-electron chi connectivity index (χ2n) is 6.48. The fourth-order valence-electron chi connectivity index (χ4n) is 2.55. The van der Waals surface area contributed by atoms with Crippen LogP contribution in [0.2, 0.25) is 0 Å². The topological polar surface area (TPSA) is 71.3 Å². The smallest absolute Gasteiger partial charge is 0.399 e. The maximum absolute atomic E-state index is 11.8. The van der Waals surface area contributed by atoms with Crippen LogP contribution in [0, 0.1) is 11.3 Å². The molecule has 2 heterocycles. The third kappa shape index (κ3) is 2.05. The van der Waals surface area contributed by atoms with Crippen molar-refractivity contribution >= 4 is 18.5 Å². The first-order chi connectivity index (χ1) is 9.75. The SMILES string of the molecule is CC1(C)OB(c2cc3c(cc2C#N)CNC3=O)OC1(C)C. The van der Waals surface area contributed by atoms with Gasteiger partial charge in [-0.2, -0.15) is 5.26 Å². The second-order valence-corrected chi connectivity index (χ2v) is 6.48. The molecule has 0 radical (unpaired) electrons. The Kier molecular flexibility index (Phi) is 2.91. The van der Waals surface area contributed by atoms with Crippen molar-refractivity contribution in [1.82, 2.24) is 5.32 Å². The molecule has 0 aromatic heterocycles. The normalized spacial score (nSPS) is 21.9. The summed E-state index contributed by atoms with van der Waals surface area (Å²) in [6.07, 6.45) is 0. The number of nitrogens with zero attached hydrogens (tertiary/aromatic N) is 1. The van der Waals surface area contributed by atoms with Gasteiger partial charge >= 0.3 is 7.12 Å². The van der Waals surface area contributed by atoms with Gasteiger partial charge < -0.3 is 14.6 Å². The Labute approximate surface area is 124 Å². The fraction of sp³-hybridized carbons (Fsp3) is 0.467. The standard InChI is InChI=1S/C15H17BN2O3/c1-14(2)15(3,4)21-16(20-14)12-6-11-10(5-9(12)7-17)8-18-13(11)19/h5-6H,8H2,1-4H3,(H,18,19). The fourth-order valence-corrected chi connectivity index (χ4v) is 2.55. The first-order valence-electron chi connectivity index (χ1n) is 6.96. The molecular weight excluding hydrogens is 267 g/mol. The molecule has 0 aliphatic carbocycles. The molecule has 1 aromatic rings. The van der Waals surface area contributed by atoms with Crippen LogP contribution in [-0.2, 0) is 15.9 Å². The van der Waals surface area contributed by atoms with E-state index in [1.54, 1.807) is 12.1 Å². The van der Waals surface area contributed by atoms with Crippen molar-refractivity contribution < 1.29 is 14.1 Å². The summed E-state index contributed by atoms with van der Waals surface area (Å²) in [5, 5.41) is 12.1. The van der Waals surface area contributed by atoms with E-state index in [1.165, 1.54) is 0 Å². The minimum Gasteiger partial charge on any atom is -0.399 e. The number of hydrogen-bond acceptors (Lipinski definition) is 4. The molecule has 5 nitrogen and oxygen atoms in total. The van der Waals surface area contributed by atoms with Gasteiger partial charge in [0.1, 0.15) is 0 Å². The molecule has 6 heteroatoms. The third-order valence-corrected chi connectivity index (χ3v) is 4.59. The van der Waals surface area contributed by atoms with Gasteiger partial charge in [0.05, 0.1) is 22.8 Å². The van der Waals surface area contributed by atoms with Crippen LogP contribution in [0.5, 0.6) is 0 Å². The number of nitriles is 1. The van der Waals surface area contributed by atoms with Gasteiger partial charge in [0.2, 0.25) is 0 Å². The van der Waals surface area contributed by atoms with Gasteiger partial charge in [-0.3, -0.25) is 4.79 Å². The van der Waals surface area contributed by atoms with Crippen molar-refractivity contribution in [3.63, 3.8) is 0 Å². The highest BCUT2D eigenvalue weighted by molar-refractivity contribution is 6.63. The summed E-state index contributed by atoms with van der Waals surface area (Å²) in [7, 11) is -0.636.